The molecular formula is C19H17F5O. The Kier molecular flexibility index (Phi) is 6.17. The molecule has 2 aromatic rings. The molecule has 0 aliphatic heterocycles. The van der Waals surface area contributed by atoms with Crippen molar-refractivity contribution in [3.8, 4) is 16.9 Å². The molecule has 0 atom stereocenters. The highest BCUT2D eigenvalue weighted by molar-refractivity contribution is 5.66. The normalized spacial score (nSPS) is 11.7. The van der Waals surface area contributed by atoms with Crippen molar-refractivity contribution in [2.24, 2.45) is 0 Å². The summed E-state index contributed by atoms with van der Waals surface area (Å²) in [4.78, 5) is 0. The molecule has 0 bridgehead atoms. The molecule has 0 saturated heterocycles. The van der Waals surface area contributed by atoms with Gasteiger partial charge in [-0.3, -0.25) is 0 Å². The van der Waals surface area contributed by atoms with Gasteiger partial charge in [0.05, 0.1) is 12.4 Å². The predicted molar refractivity (Wildman–Crippen MR) is 86.1 cm³/mol. The largest absolute Gasteiger partial charge is 0.491 e. The van der Waals surface area contributed by atoms with Crippen LogP contribution < -0.4 is 4.74 Å². The molecule has 0 aliphatic carbocycles. The standard InChI is InChI=1S/C19H17F5O/c1-3-25-15-10-9-14(18(23)19(15)24)13-8-7-12(16(21)17(13)22)6-4-5-11(2)20/h5,7-10H,3-4,6H2,1-2H3. The summed E-state index contributed by atoms with van der Waals surface area (Å²) < 4.78 is 74.2. The molecule has 6 heteroatoms. The first kappa shape index (κ1) is 19.0. The zero-order valence-electron chi connectivity index (χ0n) is 13.8. The highest BCUT2D eigenvalue weighted by Crippen LogP contribution is 2.33. The van der Waals surface area contributed by atoms with Crippen LogP contribution in [0.25, 0.3) is 11.1 Å². The highest BCUT2D eigenvalue weighted by Gasteiger charge is 2.21. The molecule has 2 aromatic carbocycles. The quantitative estimate of drug-likeness (QED) is 0.567. The van der Waals surface area contributed by atoms with Crippen molar-refractivity contribution in [2.45, 2.75) is 26.7 Å². The maximum absolute atomic E-state index is 14.3. The van der Waals surface area contributed by atoms with Crippen molar-refractivity contribution < 1.29 is 26.7 Å². The van der Waals surface area contributed by atoms with Crippen LogP contribution in [0.4, 0.5) is 22.0 Å². The smallest absolute Gasteiger partial charge is 0.201 e. The zero-order chi connectivity index (χ0) is 18.6. The second-order valence-corrected chi connectivity index (χ2v) is 5.40. The SMILES string of the molecule is CCOc1ccc(-c2ccc(CCC=C(C)F)c(F)c2F)c(F)c1F. The molecule has 0 amide bonds. The highest BCUT2D eigenvalue weighted by atomic mass is 19.2. The van der Waals surface area contributed by atoms with E-state index in [9.17, 15) is 22.0 Å². The predicted octanol–water partition coefficient (Wildman–Crippen LogP) is 6.11. The lowest BCUT2D eigenvalue weighted by atomic mass is 9.99. The van der Waals surface area contributed by atoms with Gasteiger partial charge in [-0.2, -0.15) is 4.39 Å². The van der Waals surface area contributed by atoms with Crippen molar-refractivity contribution in [1.29, 1.82) is 0 Å². The van der Waals surface area contributed by atoms with Gasteiger partial charge in [0.2, 0.25) is 5.82 Å². The van der Waals surface area contributed by atoms with Crippen molar-refractivity contribution in [3.05, 3.63) is 65.0 Å². The molecule has 134 valence electrons. The fourth-order valence-electron chi connectivity index (χ4n) is 2.42. The maximum Gasteiger partial charge on any atom is 0.201 e. The maximum atomic E-state index is 14.3. The number of hydrogen-bond donors (Lipinski definition) is 0. The molecule has 0 N–H and O–H groups in total. The summed E-state index contributed by atoms with van der Waals surface area (Å²) >= 11 is 0. The number of allylic oxidation sites excluding steroid dienone is 2. The van der Waals surface area contributed by atoms with E-state index in [4.69, 9.17) is 4.74 Å². The number of rotatable bonds is 6. The van der Waals surface area contributed by atoms with Crippen LogP contribution in [0, 0.1) is 23.3 Å². The van der Waals surface area contributed by atoms with Crippen LogP contribution >= 0.6 is 0 Å². The lowest BCUT2D eigenvalue weighted by Crippen LogP contribution is -2.01. The van der Waals surface area contributed by atoms with Gasteiger partial charge >= 0.3 is 0 Å². The fraction of sp³-hybridized carbons (Fsp3) is 0.263. The van der Waals surface area contributed by atoms with Gasteiger partial charge in [-0.15, -0.1) is 0 Å². The summed E-state index contributed by atoms with van der Waals surface area (Å²) in [6, 6.07) is 4.76. The molecule has 0 spiro atoms. The average Bonchev–Trinajstić information content (AvgIpc) is 2.57. The van der Waals surface area contributed by atoms with E-state index in [0.29, 0.717) is 0 Å². The average molecular weight is 356 g/mol. The monoisotopic (exact) mass is 356 g/mol. The Hall–Kier alpha value is -2.37. The van der Waals surface area contributed by atoms with E-state index >= 15 is 0 Å². The van der Waals surface area contributed by atoms with E-state index in [2.05, 4.69) is 0 Å². The molecule has 0 unspecified atom stereocenters. The van der Waals surface area contributed by atoms with Gasteiger partial charge in [-0.25, -0.2) is 17.6 Å². The van der Waals surface area contributed by atoms with Crippen molar-refractivity contribution in [1.82, 2.24) is 0 Å². The van der Waals surface area contributed by atoms with E-state index in [1.54, 1.807) is 6.92 Å². The van der Waals surface area contributed by atoms with E-state index in [1.807, 2.05) is 0 Å². The Morgan fingerprint density at radius 1 is 0.920 bits per heavy atom. The summed E-state index contributed by atoms with van der Waals surface area (Å²) in [6.45, 7) is 3.00. The van der Waals surface area contributed by atoms with Gasteiger partial charge in [-0.05, 0) is 44.4 Å². The number of ether oxygens (including phenoxy) is 1. The molecule has 1 nitrogen and oxygen atoms in total. The van der Waals surface area contributed by atoms with Gasteiger partial charge < -0.3 is 4.74 Å². The van der Waals surface area contributed by atoms with Crippen LogP contribution in [0.2, 0.25) is 0 Å². The number of benzene rings is 2. The summed E-state index contributed by atoms with van der Waals surface area (Å²) in [5.74, 6) is -5.71. The summed E-state index contributed by atoms with van der Waals surface area (Å²) in [6.07, 6.45) is 1.54. The Labute approximate surface area is 142 Å². The molecule has 0 radical (unpaired) electrons. The molecule has 0 heterocycles. The van der Waals surface area contributed by atoms with Crippen LogP contribution in [-0.2, 0) is 6.42 Å². The molecule has 0 aliphatic rings. The molecule has 0 aromatic heterocycles. The fourth-order valence-corrected chi connectivity index (χ4v) is 2.42. The van der Waals surface area contributed by atoms with E-state index in [1.165, 1.54) is 25.1 Å². The minimum atomic E-state index is -1.31. The lowest BCUT2D eigenvalue weighted by molar-refractivity contribution is 0.314. The molecule has 0 saturated carbocycles. The van der Waals surface area contributed by atoms with Gasteiger partial charge in [0.25, 0.3) is 0 Å². The summed E-state index contributed by atoms with van der Waals surface area (Å²) in [5, 5.41) is 0. The first-order chi connectivity index (χ1) is 11.9. The van der Waals surface area contributed by atoms with Crippen molar-refractivity contribution in [2.75, 3.05) is 6.61 Å². The Bertz CT molecular complexity index is 795. The first-order valence-corrected chi connectivity index (χ1v) is 7.77. The van der Waals surface area contributed by atoms with E-state index in [0.717, 1.165) is 12.1 Å². The third-order valence-electron chi connectivity index (χ3n) is 3.64. The number of aryl methyl sites for hydroxylation is 1. The van der Waals surface area contributed by atoms with Crippen LogP contribution in [0.5, 0.6) is 5.75 Å². The number of hydrogen-bond acceptors (Lipinski definition) is 1. The number of halogens is 5. The second-order valence-electron chi connectivity index (χ2n) is 5.40. The lowest BCUT2D eigenvalue weighted by Gasteiger charge is -2.11. The molecule has 25 heavy (non-hydrogen) atoms. The van der Waals surface area contributed by atoms with Crippen molar-refractivity contribution >= 4 is 0 Å². The van der Waals surface area contributed by atoms with Crippen LogP contribution in [0.1, 0.15) is 25.8 Å². The van der Waals surface area contributed by atoms with Crippen LogP contribution in [-0.4, -0.2) is 6.61 Å². The van der Waals surface area contributed by atoms with E-state index < -0.39 is 40.2 Å². The van der Waals surface area contributed by atoms with E-state index in [-0.39, 0.29) is 30.8 Å². The molecule has 2 rings (SSSR count). The Balaban J connectivity index is 2.39. The van der Waals surface area contributed by atoms with Crippen molar-refractivity contribution in [3.63, 3.8) is 0 Å². The van der Waals surface area contributed by atoms with Crippen LogP contribution in [0.3, 0.4) is 0 Å². The van der Waals surface area contributed by atoms with Gasteiger partial charge in [0.15, 0.2) is 23.2 Å². The van der Waals surface area contributed by atoms with Gasteiger partial charge in [0, 0.05) is 11.1 Å². The summed E-state index contributed by atoms with van der Waals surface area (Å²) in [5.41, 5.74) is -0.758. The Morgan fingerprint density at radius 3 is 2.12 bits per heavy atom. The third kappa shape index (κ3) is 4.18. The van der Waals surface area contributed by atoms with Crippen LogP contribution in [0.15, 0.2) is 36.2 Å². The third-order valence-corrected chi connectivity index (χ3v) is 3.64. The topological polar surface area (TPSA) is 9.23 Å². The van der Waals surface area contributed by atoms with Gasteiger partial charge in [0.1, 0.15) is 0 Å². The molecular weight excluding hydrogens is 339 g/mol. The molecule has 0 fully saturated rings. The minimum Gasteiger partial charge on any atom is -0.491 e. The second kappa shape index (κ2) is 8.14. The van der Waals surface area contributed by atoms with Gasteiger partial charge in [-0.1, -0.05) is 18.2 Å². The zero-order valence-corrected chi connectivity index (χ0v) is 13.8. The minimum absolute atomic E-state index is 0.0329. The summed E-state index contributed by atoms with van der Waals surface area (Å²) in [7, 11) is 0. The Morgan fingerprint density at radius 2 is 1.52 bits per heavy atom. The first-order valence-electron chi connectivity index (χ1n) is 7.77.